The average Bonchev–Trinajstić information content (AvgIpc) is 2.53. The minimum absolute atomic E-state index is 0.0736. The summed E-state index contributed by atoms with van der Waals surface area (Å²) < 4.78 is 0. The second kappa shape index (κ2) is 7.53. The molecule has 2 aromatic carbocycles. The standard InChI is InChI=1S/C17H18ClNOS/c1-13(14-6-4-3-5-7-14)19(2)17(20)12-21-16-10-8-15(18)9-11-16/h3-11,13H,12H2,1-2H3. The molecule has 0 radical (unpaired) electrons. The van der Waals surface area contributed by atoms with Crippen molar-refractivity contribution in [1.29, 1.82) is 0 Å². The molecule has 0 bridgehead atoms. The van der Waals surface area contributed by atoms with E-state index in [0.29, 0.717) is 10.8 Å². The molecule has 2 aromatic rings. The maximum Gasteiger partial charge on any atom is 0.233 e. The molecule has 1 unspecified atom stereocenters. The Labute approximate surface area is 135 Å². The Morgan fingerprint density at radius 2 is 1.76 bits per heavy atom. The van der Waals surface area contributed by atoms with Crippen LogP contribution in [0.25, 0.3) is 0 Å². The molecule has 4 heteroatoms. The van der Waals surface area contributed by atoms with E-state index in [9.17, 15) is 4.79 Å². The van der Waals surface area contributed by atoms with Crippen molar-refractivity contribution in [1.82, 2.24) is 4.90 Å². The van der Waals surface area contributed by atoms with Crippen LogP contribution in [0.15, 0.2) is 59.5 Å². The molecular weight excluding hydrogens is 302 g/mol. The Hall–Kier alpha value is -1.45. The lowest BCUT2D eigenvalue weighted by molar-refractivity contribution is -0.128. The summed E-state index contributed by atoms with van der Waals surface area (Å²) in [4.78, 5) is 15.1. The highest BCUT2D eigenvalue weighted by molar-refractivity contribution is 8.00. The molecule has 0 N–H and O–H groups in total. The van der Waals surface area contributed by atoms with Crippen molar-refractivity contribution >= 4 is 29.3 Å². The molecule has 0 aromatic heterocycles. The van der Waals surface area contributed by atoms with E-state index in [-0.39, 0.29) is 11.9 Å². The summed E-state index contributed by atoms with van der Waals surface area (Å²) in [5.41, 5.74) is 1.14. The fraction of sp³-hybridized carbons (Fsp3) is 0.235. The number of rotatable bonds is 5. The first-order chi connectivity index (χ1) is 10.1. The Kier molecular flexibility index (Phi) is 5.71. The molecule has 1 atom stereocenters. The Morgan fingerprint density at radius 1 is 1.14 bits per heavy atom. The van der Waals surface area contributed by atoms with E-state index < -0.39 is 0 Å². The number of thioether (sulfide) groups is 1. The van der Waals surface area contributed by atoms with Gasteiger partial charge in [-0.1, -0.05) is 41.9 Å². The van der Waals surface area contributed by atoms with E-state index in [0.717, 1.165) is 10.5 Å². The number of benzene rings is 2. The third-order valence-corrected chi connectivity index (χ3v) is 4.68. The summed E-state index contributed by atoms with van der Waals surface area (Å²) in [5, 5.41) is 0.709. The molecule has 0 aliphatic carbocycles. The van der Waals surface area contributed by atoms with Crippen LogP contribution in [0.3, 0.4) is 0 Å². The Morgan fingerprint density at radius 3 is 2.38 bits per heavy atom. The predicted octanol–water partition coefficient (Wildman–Crippen LogP) is 4.65. The van der Waals surface area contributed by atoms with Crippen molar-refractivity contribution < 1.29 is 4.79 Å². The zero-order valence-corrected chi connectivity index (χ0v) is 13.7. The Balaban J connectivity index is 1.92. The van der Waals surface area contributed by atoms with Crippen LogP contribution in [0, 0.1) is 0 Å². The minimum Gasteiger partial charge on any atom is -0.338 e. The summed E-state index contributed by atoms with van der Waals surface area (Å²) in [6, 6.07) is 17.7. The molecule has 0 heterocycles. The molecule has 0 aliphatic heterocycles. The largest absolute Gasteiger partial charge is 0.338 e. The van der Waals surface area contributed by atoms with Gasteiger partial charge in [0, 0.05) is 17.0 Å². The van der Waals surface area contributed by atoms with Gasteiger partial charge in [0.1, 0.15) is 0 Å². The van der Waals surface area contributed by atoms with Crippen LogP contribution in [0.4, 0.5) is 0 Å². The van der Waals surface area contributed by atoms with Crippen molar-refractivity contribution in [2.24, 2.45) is 0 Å². The van der Waals surface area contributed by atoms with Crippen molar-refractivity contribution in [2.45, 2.75) is 17.9 Å². The van der Waals surface area contributed by atoms with E-state index >= 15 is 0 Å². The van der Waals surface area contributed by atoms with Crippen LogP contribution < -0.4 is 0 Å². The highest BCUT2D eigenvalue weighted by atomic mass is 35.5. The third kappa shape index (κ3) is 4.51. The summed E-state index contributed by atoms with van der Waals surface area (Å²) in [5.74, 6) is 0.543. The lowest BCUT2D eigenvalue weighted by Crippen LogP contribution is -2.31. The maximum atomic E-state index is 12.3. The van der Waals surface area contributed by atoms with E-state index in [4.69, 9.17) is 11.6 Å². The van der Waals surface area contributed by atoms with Gasteiger partial charge < -0.3 is 4.90 Å². The highest BCUT2D eigenvalue weighted by Gasteiger charge is 2.17. The van der Waals surface area contributed by atoms with Crippen molar-refractivity contribution in [3.05, 3.63) is 65.2 Å². The summed E-state index contributed by atoms with van der Waals surface area (Å²) >= 11 is 7.38. The zero-order valence-electron chi connectivity index (χ0n) is 12.1. The molecular formula is C17H18ClNOS. The van der Waals surface area contributed by atoms with Crippen LogP contribution in [-0.4, -0.2) is 23.6 Å². The number of hydrogen-bond acceptors (Lipinski definition) is 2. The van der Waals surface area contributed by atoms with Crippen LogP contribution in [-0.2, 0) is 4.79 Å². The van der Waals surface area contributed by atoms with E-state index in [1.807, 2.05) is 68.6 Å². The van der Waals surface area contributed by atoms with Crippen LogP contribution in [0.1, 0.15) is 18.5 Å². The highest BCUT2D eigenvalue weighted by Crippen LogP contribution is 2.23. The van der Waals surface area contributed by atoms with Crippen molar-refractivity contribution in [3.8, 4) is 0 Å². The van der Waals surface area contributed by atoms with Crippen molar-refractivity contribution in [2.75, 3.05) is 12.8 Å². The van der Waals surface area contributed by atoms with Gasteiger partial charge in [-0.2, -0.15) is 0 Å². The van der Waals surface area contributed by atoms with Gasteiger partial charge in [-0.15, -0.1) is 11.8 Å². The van der Waals surface area contributed by atoms with Crippen LogP contribution in [0.5, 0.6) is 0 Å². The first-order valence-electron chi connectivity index (χ1n) is 6.77. The molecule has 110 valence electrons. The summed E-state index contributed by atoms with van der Waals surface area (Å²) in [7, 11) is 1.85. The van der Waals surface area contributed by atoms with Gasteiger partial charge in [-0.3, -0.25) is 4.79 Å². The molecule has 0 fully saturated rings. The molecule has 0 saturated heterocycles. The van der Waals surface area contributed by atoms with E-state index in [2.05, 4.69) is 0 Å². The number of carbonyl (C=O) groups excluding carboxylic acids is 1. The molecule has 1 amide bonds. The third-order valence-electron chi connectivity index (χ3n) is 3.43. The normalized spacial score (nSPS) is 12.0. The predicted molar refractivity (Wildman–Crippen MR) is 89.8 cm³/mol. The Bertz CT molecular complexity index is 585. The molecule has 0 aliphatic rings. The van der Waals surface area contributed by atoms with Gasteiger partial charge in [0.25, 0.3) is 0 Å². The number of amides is 1. The lowest BCUT2D eigenvalue weighted by atomic mass is 10.1. The zero-order chi connectivity index (χ0) is 15.2. The summed E-state index contributed by atoms with van der Waals surface area (Å²) in [6.45, 7) is 2.04. The van der Waals surface area contributed by atoms with Crippen LogP contribution >= 0.6 is 23.4 Å². The molecule has 2 rings (SSSR count). The quantitative estimate of drug-likeness (QED) is 0.748. The van der Waals surface area contributed by atoms with Gasteiger partial charge >= 0.3 is 0 Å². The number of nitrogens with zero attached hydrogens (tertiary/aromatic N) is 1. The molecule has 0 spiro atoms. The van der Waals surface area contributed by atoms with Gasteiger partial charge in [-0.05, 0) is 36.8 Å². The first kappa shape index (κ1) is 15.9. The smallest absolute Gasteiger partial charge is 0.233 e. The topological polar surface area (TPSA) is 20.3 Å². The second-order valence-electron chi connectivity index (χ2n) is 4.83. The molecule has 2 nitrogen and oxygen atoms in total. The van der Waals surface area contributed by atoms with Gasteiger partial charge in [-0.25, -0.2) is 0 Å². The minimum atomic E-state index is 0.0736. The number of carbonyl (C=O) groups is 1. The van der Waals surface area contributed by atoms with E-state index in [1.54, 1.807) is 4.90 Å². The first-order valence-corrected chi connectivity index (χ1v) is 8.13. The number of hydrogen-bond donors (Lipinski definition) is 0. The fourth-order valence-corrected chi connectivity index (χ4v) is 2.90. The monoisotopic (exact) mass is 319 g/mol. The van der Waals surface area contributed by atoms with Gasteiger partial charge in [0.15, 0.2) is 0 Å². The SMILES string of the molecule is CC(c1ccccc1)N(C)C(=O)CSc1ccc(Cl)cc1. The van der Waals surface area contributed by atoms with Crippen molar-refractivity contribution in [3.63, 3.8) is 0 Å². The fourth-order valence-electron chi connectivity index (χ4n) is 1.95. The van der Waals surface area contributed by atoms with E-state index in [1.165, 1.54) is 11.8 Å². The van der Waals surface area contributed by atoms with Gasteiger partial charge in [0.2, 0.25) is 5.91 Å². The lowest BCUT2D eigenvalue weighted by Gasteiger charge is -2.25. The molecule has 21 heavy (non-hydrogen) atoms. The second-order valence-corrected chi connectivity index (χ2v) is 6.32. The molecule has 0 saturated carbocycles. The van der Waals surface area contributed by atoms with Gasteiger partial charge in [0.05, 0.1) is 11.8 Å². The van der Waals surface area contributed by atoms with Crippen LogP contribution in [0.2, 0.25) is 5.02 Å². The average molecular weight is 320 g/mol. The number of halogens is 1. The summed E-state index contributed by atoms with van der Waals surface area (Å²) in [6.07, 6.45) is 0. The maximum absolute atomic E-state index is 12.3.